The number of ether oxygens (including phenoxy) is 1. The van der Waals surface area contributed by atoms with Gasteiger partial charge in [-0.2, -0.15) is 0 Å². The van der Waals surface area contributed by atoms with Crippen molar-refractivity contribution in [3.05, 3.63) is 64.7 Å². The maximum absolute atomic E-state index is 5.76. The molecule has 0 bridgehead atoms. The molecular formula is C16H20N2O. The van der Waals surface area contributed by atoms with Gasteiger partial charge in [-0.1, -0.05) is 35.9 Å². The van der Waals surface area contributed by atoms with E-state index in [1.807, 2.05) is 18.2 Å². The lowest BCUT2D eigenvalue weighted by molar-refractivity contribution is 0.413. The van der Waals surface area contributed by atoms with Crippen molar-refractivity contribution in [2.75, 3.05) is 7.11 Å². The van der Waals surface area contributed by atoms with Crippen LogP contribution in [0.25, 0.3) is 0 Å². The number of nitrogens with two attached hydrogens (primary N) is 1. The van der Waals surface area contributed by atoms with Crippen molar-refractivity contribution in [1.82, 2.24) is 5.43 Å². The number of hydrogen-bond acceptors (Lipinski definition) is 3. The molecule has 0 aliphatic heterocycles. The predicted octanol–water partition coefficient (Wildman–Crippen LogP) is 2.86. The van der Waals surface area contributed by atoms with E-state index in [4.69, 9.17) is 10.6 Å². The number of benzene rings is 2. The molecule has 2 aromatic carbocycles. The highest BCUT2D eigenvalue weighted by molar-refractivity contribution is 5.41. The number of aryl methyl sites for hydroxylation is 2. The maximum Gasteiger partial charge on any atom is 0.119 e. The first-order valence-electron chi connectivity index (χ1n) is 6.33. The lowest BCUT2D eigenvalue weighted by Crippen LogP contribution is -2.29. The molecule has 3 nitrogen and oxygen atoms in total. The van der Waals surface area contributed by atoms with E-state index in [0.717, 1.165) is 11.3 Å². The molecule has 19 heavy (non-hydrogen) atoms. The molecule has 1 atom stereocenters. The average Bonchev–Trinajstić information content (AvgIpc) is 2.44. The second-order valence-electron chi connectivity index (χ2n) is 4.74. The van der Waals surface area contributed by atoms with E-state index in [0.29, 0.717) is 0 Å². The van der Waals surface area contributed by atoms with Crippen molar-refractivity contribution >= 4 is 0 Å². The van der Waals surface area contributed by atoms with Gasteiger partial charge in [0, 0.05) is 0 Å². The van der Waals surface area contributed by atoms with E-state index in [2.05, 4.69) is 43.5 Å². The highest BCUT2D eigenvalue weighted by atomic mass is 16.5. The summed E-state index contributed by atoms with van der Waals surface area (Å²) in [4.78, 5) is 0. The summed E-state index contributed by atoms with van der Waals surface area (Å²) in [6, 6.07) is 14.3. The summed E-state index contributed by atoms with van der Waals surface area (Å²) in [5, 5.41) is 0. The van der Waals surface area contributed by atoms with Gasteiger partial charge in [0.25, 0.3) is 0 Å². The van der Waals surface area contributed by atoms with E-state index >= 15 is 0 Å². The van der Waals surface area contributed by atoms with Gasteiger partial charge in [-0.25, -0.2) is 5.43 Å². The lowest BCUT2D eigenvalue weighted by Gasteiger charge is -2.20. The summed E-state index contributed by atoms with van der Waals surface area (Å²) in [7, 11) is 1.67. The second-order valence-corrected chi connectivity index (χ2v) is 4.74. The SMILES string of the molecule is COc1cccc(C(NN)c2cc(C)ccc2C)c1. The summed E-state index contributed by atoms with van der Waals surface area (Å²) < 4.78 is 5.27. The van der Waals surface area contributed by atoms with Gasteiger partial charge in [0.15, 0.2) is 0 Å². The van der Waals surface area contributed by atoms with Crippen LogP contribution in [-0.4, -0.2) is 7.11 Å². The Balaban J connectivity index is 2.46. The van der Waals surface area contributed by atoms with Crippen molar-refractivity contribution in [3.63, 3.8) is 0 Å². The van der Waals surface area contributed by atoms with Crippen LogP contribution in [-0.2, 0) is 0 Å². The van der Waals surface area contributed by atoms with Gasteiger partial charge in [-0.05, 0) is 42.7 Å². The van der Waals surface area contributed by atoms with Gasteiger partial charge in [-0.15, -0.1) is 0 Å². The normalized spacial score (nSPS) is 12.2. The zero-order chi connectivity index (χ0) is 13.8. The van der Waals surface area contributed by atoms with Crippen LogP contribution in [0, 0.1) is 13.8 Å². The molecule has 0 heterocycles. The minimum absolute atomic E-state index is 0.0324. The van der Waals surface area contributed by atoms with Crippen molar-refractivity contribution in [2.45, 2.75) is 19.9 Å². The molecule has 0 fully saturated rings. The Hall–Kier alpha value is -1.84. The first-order chi connectivity index (χ1) is 9.15. The van der Waals surface area contributed by atoms with Crippen LogP contribution in [0.5, 0.6) is 5.75 Å². The number of methoxy groups -OCH3 is 1. The van der Waals surface area contributed by atoms with Crippen LogP contribution in [0.15, 0.2) is 42.5 Å². The summed E-state index contributed by atoms with van der Waals surface area (Å²) in [6.07, 6.45) is 0. The first kappa shape index (κ1) is 13.6. The third-order valence-corrected chi connectivity index (χ3v) is 3.34. The molecule has 0 aliphatic carbocycles. The molecule has 0 spiro atoms. The molecule has 3 heteroatoms. The van der Waals surface area contributed by atoms with Crippen molar-refractivity contribution in [1.29, 1.82) is 0 Å². The monoisotopic (exact) mass is 256 g/mol. The van der Waals surface area contributed by atoms with Crippen LogP contribution in [0.4, 0.5) is 0 Å². The van der Waals surface area contributed by atoms with E-state index < -0.39 is 0 Å². The fraction of sp³-hybridized carbons (Fsp3) is 0.250. The van der Waals surface area contributed by atoms with Crippen molar-refractivity contribution < 1.29 is 4.74 Å². The zero-order valence-corrected chi connectivity index (χ0v) is 11.6. The van der Waals surface area contributed by atoms with Crippen LogP contribution in [0.2, 0.25) is 0 Å². The van der Waals surface area contributed by atoms with E-state index in [-0.39, 0.29) is 6.04 Å². The first-order valence-corrected chi connectivity index (χ1v) is 6.33. The molecule has 3 N–H and O–H groups in total. The predicted molar refractivity (Wildman–Crippen MR) is 78.1 cm³/mol. The highest BCUT2D eigenvalue weighted by Crippen LogP contribution is 2.27. The van der Waals surface area contributed by atoms with Gasteiger partial charge < -0.3 is 4.74 Å². The number of rotatable bonds is 4. The zero-order valence-electron chi connectivity index (χ0n) is 11.6. The second kappa shape index (κ2) is 5.87. The molecule has 0 saturated carbocycles. The Morgan fingerprint density at radius 1 is 1.11 bits per heavy atom. The molecule has 0 saturated heterocycles. The fourth-order valence-electron chi connectivity index (χ4n) is 2.26. The molecule has 0 radical (unpaired) electrons. The van der Waals surface area contributed by atoms with E-state index in [9.17, 15) is 0 Å². The maximum atomic E-state index is 5.76. The molecule has 100 valence electrons. The smallest absolute Gasteiger partial charge is 0.119 e. The van der Waals surface area contributed by atoms with Gasteiger partial charge in [0.2, 0.25) is 0 Å². The van der Waals surface area contributed by atoms with Crippen molar-refractivity contribution in [3.8, 4) is 5.75 Å². The summed E-state index contributed by atoms with van der Waals surface area (Å²) in [5.74, 6) is 6.59. The summed E-state index contributed by atoms with van der Waals surface area (Å²) in [5.41, 5.74) is 7.63. The number of nitrogens with one attached hydrogen (secondary N) is 1. The molecule has 1 unspecified atom stereocenters. The number of hydrogen-bond donors (Lipinski definition) is 2. The lowest BCUT2D eigenvalue weighted by atomic mass is 9.94. The minimum atomic E-state index is -0.0324. The number of hydrazine groups is 1. The standard InChI is InChI=1S/C16H20N2O/c1-11-7-8-12(2)15(9-11)16(18-17)13-5-4-6-14(10-13)19-3/h4-10,16,18H,17H2,1-3H3. The third-order valence-electron chi connectivity index (χ3n) is 3.34. The van der Waals surface area contributed by atoms with E-state index in [1.165, 1.54) is 16.7 Å². The van der Waals surface area contributed by atoms with Crippen molar-refractivity contribution in [2.24, 2.45) is 5.84 Å². The molecule has 0 amide bonds. The van der Waals surface area contributed by atoms with Gasteiger partial charge in [0.1, 0.15) is 5.75 Å². The van der Waals surface area contributed by atoms with Crippen LogP contribution < -0.4 is 16.0 Å². The third kappa shape index (κ3) is 2.95. The van der Waals surface area contributed by atoms with Gasteiger partial charge >= 0.3 is 0 Å². The van der Waals surface area contributed by atoms with Crippen LogP contribution in [0.1, 0.15) is 28.3 Å². The minimum Gasteiger partial charge on any atom is -0.497 e. The molecule has 0 aliphatic rings. The largest absolute Gasteiger partial charge is 0.497 e. The van der Waals surface area contributed by atoms with Gasteiger partial charge in [-0.3, -0.25) is 5.84 Å². The molecule has 2 aromatic rings. The Kier molecular flexibility index (Phi) is 4.20. The Labute approximate surface area is 114 Å². The highest BCUT2D eigenvalue weighted by Gasteiger charge is 2.15. The molecule has 2 rings (SSSR count). The Morgan fingerprint density at radius 3 is 2.58 bits per heavy atom. The van der Waals surface area contributed by atoms with Crippen LogP contribution >= 0.6 is 0 Å². The van der Waals surface area contributed by atoms with Crippen LogP contribution in [0.3, 0.4) is 0 Å². The summed E-state index contributed by atoms with van der Waals surface area (Å²) in [6.45, 7) is 4.18. The quantitative estimate of drug-likeness (QED) is 0.653. The topological polar surface area (TPSA) is 47.3 Å². The Bertz CT molecular complexity index is 566. The fourth-order valence-corrected chi connectivity index (χ4v) is 2.26. The molecule has 0 aromatic heterocycles. The van der Waals surface area contributed by atoms with Gasteiger partial charge in [0.05, 0.1) is 13.2 Å². The Morgan fingerprint density at radius 2 is 1.89 bits per heavy atom. The summed E-state index contributed by atoms with van der Waals surface area (Å²) >= 11 is 0. The average molecular weight is 256 g/mol. The molecular weight excluding hydrogens is 236 g/mol. The van der Waals surface area contributed by atoms with E-state index in [1.54, 1.807) is 7.11 Å².